The van der Waals surface area contributed by atoms with E-state index < -0.39 is 0 Å². The van der Waals surface area contributed by atoms with Crippen LogP contribution in [-0.4, -0.2) is 43.3 Å². The van der Waals surface area contributed by atoms with Crippen LogP contribution in [-0.2, 0) is 4.74 Å². The molecule has 1 saturated carbocycles. The van der Waals surface area contributed by atoms with Crippen LogP contribution in [0.3, 0.4) is 0 Å². The molecule has 0 aromatic rings. The third-order valence-electron chi connectivity index (χ3n) is 4.73. The van der Waals surface area contributed by atoms with Crippen molar-refractivity contribution in [2.75, 3.05) is 26.2 Å². The van der Waals surface area contributed by atoms with E-state index in [2.05, 4.69) is 18.7 Å². The second kappa shape index (κ2) is 6.88. The zero-order valence-corrected chi connectivity index (χ0v) is 12.1. The van der Waals surface area contributed by atoms with Crippen molar-refractivity contribution < 1.29 is 4.74 Å². The molecule has 0 amide bonds. The molecular formula is C15H30N2O. The lowest BCUT2D eigenvalue weighted by Crippen LogP contribution is -2.46. The molecule has 1 saturated heterocycles. The SMILES string of the molecule is CCOC1CCN(CC2CC(C)CCC2N)CC1. The van der Waals surface area contributed by atoms with Crippen molar-refractivity contribution in [3.05, 3.63) is 0 Å². The average Bonchev–Trinajstić information content (AvgIpc) is 2.37. The van der Waals surface area contributed by atoms with E-state index in [0.29, 0.717) is 12.1 Å². The lowest BCUT2D eigenvalue weighted by atomic mass is 9.79. The first-order valence-electron chi connectivity index (χ1n) is 7.78. The molecule has 0 aromatic heterocycles. The quantitative estimate of drug-likeness (QED) is 0.836. The number of nitrogens with two attached hydrogens (primary N) is 1. The van der Waals surface area contributed by atoms with Gasteiger partial charge in [0.2, 0.25) is 0 Å². The summed E-state index contributed by atoms with van der Waals surface area (Å²) in [5, 5.41) is 0. The lowest BCUT2D eigenvalue weighted by molar-refractivity contribution is 0.00803. The van der Waals surface area contributed by atoms with Crippen LogP contribution in [0.2, 0.25) is 0 Å². The zero-order valence-electron chi connectivity index (χ0n) is 12.1. The van der Waals surface area contributed by atoms with Gasteiger partial charge in [-0.1, -0.05) is 6.92 Å². The van der Waals surface area contributed by atoms with E-state index in [4.69, 9.17) is 10.5 Å². The fraction of sp³-hybridized carbons (Fsp3) is 1.00. The molecule has 3 unspecified atom stereocenters. The Kier molecular flexibility index (Phi) is 5.46. The Morgan fingerprint density at radius 1 is 1.17 bits per heavy atom. The van der Waals surface area contributed by atoms with Crippen molar-refractivity contribution in [2.24, 2.45) is 17.6 Å². The molecule has 1 aliphatic carbocycles. The van der Waals surface area contributed by atoms with Gasteiger partial charge < -0.3 is 15.4 Å². The average molecular weight is 254 g/mol. The highest BCUT2D eigenvalue weighted by Gasteiger charge is 2.29. The Hall–Kier alpha value is -0.120. The molecule has 0 bridgehead atoms. The van der Waals surface area contributed by atoms with Crippen LogP contribution in [0.5, 0.6) is 0 Å². The Morgan fingerprint density at radius 2 is 1.89 bits per heavy atom. The summed E-state index contributed by atoms with van der Waals surface area (Å²) >= 11 is 0. The van der Waals surface area contributed by atoms with Crippen LogP contribution < -0.4 is 5.73 Å². The molecule has 1 aliphatic heterocycles. The molecule has 106 valence electrons. The molecule has 0 spiro atoms. The summed E-state index contributed by atoms with van der Waals surface area (Å²) in [5.74, 6) is 1.59. The smallest absolute Gasteiger partial charge is 0.0599 e. The monoisotopic (exact) mass is 254 g/mol. The van der Waals surface area contributed by atoms with Gasteiger partial charge in [0.25, 0.3) is 0 Å². The topological polar surface area (TPSA) is 38.5 Å². The number of ether oxygens (including phenoxy) is 1. The van der Waals surface area contributed by atoms with Crippen molar-refractivity contribution >= 4 is 0 Å². The third kappa shape index (κ3) is 3.94. The van der Waals surface area contributed by atoms with Crippen LogP contribution >= 0.6 is 0 Å². The second-order valence-corrected chi connectivity index (χ2v) is 6.30. The molecule has 1 heterocycles. The molecule has 2 fully saturated rings. The highest BCUT2D eigenvalue weighted by atomic mass is 16.5. The Labute approximate surface area is 112 Å². The molecule has 3 nitrogen and oxygen atoms in total. The van der Waals surface area contributed by atoms with Crippen LogP contribution in [0.4, 0.5) is 0 Å². The highest BCUT2D eigenvalue weighted by molar-refractivity contribution is 4.84. The van der Waals surface area contributed by atoms with Gasteiger partial charge in [-0.2, -0.15) is 0 Å². The summed E-state index contributed by atoms with van der Waals surface area (Å²) in [6.45, 7) is 8.93. The summed E-state index contributed by atoms with van der Waals surface area (Å²) in [7, 11) is 0. The predicted octanol–water partition coefficient (Wildman–Crippen LogP) is 2.25. The normalized spacial score (nSPS) is 35.8. The summed E-state index contributed by atoms with van der Waals surface area (Å²) in [4.78, 5) is 2.61. The first-order chi connectivity index (χ1) is 8.69. The fourth-order valence-corrected chi connectivity index (χ4v) is 3.56. The van der Waals surface area contributed by atoms with Gasteiger partial charge in [0.1, 0.15) is 0 Å². The van der Waals surface area contributed by atoms with Gasteiger partial charge in [-0.15, -0.1) is 0 Å². The summed E-state index contributed by atoms with van der Waals surface area (Å²) in [5.41, 5.74) is 6.28. The van der Waals surface area contributed by atoms with Gasteiger partial charge in [0.05, 0.1) is 6.10 Å². The number of rotatable bonds is 4. The lowest BCUT2D eigenvalue weighted by Gasteiger charge is -2.38. The summed E-state index contributed by atoms with van der Waals surface area (Å²) < 4.78 is 5.71. The van der Waals surface area contributed by atoms with Crippen molar-refractivity contribution in [1.29, 1.82) is 0 Å². The molecule has 2 rings (SSSR count). The molecule has 3 atom stereocenters. The maximum Gasteiger partial charge on any atom is 0.0599 e. The predicted molar refractivity (Wildman–Crippen MR) is 75.6 cm³/mol. The Morgan fingerprint density at radius 3 is 2.56 bits per heavy atom. The van der Waals surface area contributed by atoms with Crippen LogP contribution in [0.25, 0.3) is 0 Å². The molecule has 18 heavy (non-hydrogen) atoms. The van der Waals surface area contributed by atoms with Gasteiger partial charge in [-0.25, -0.2) is 0 Å². The van der Waals surface area contributed by atoms with Gasteiger partial charge in [-0.3, -0.25) is 0 Å². The number of nitrogens with zero attached hydrogens (tertiary/aromatic N) is 1. The minimum absolute atomic E-state index is 0.436. The van der Waals surface area contributed by atoms with Crippen molar-refractivity contribution in [2.45, 2.75) is 58.1 Å². The van der Waals surface area contributed by atoms with E-state index in [0.717, 1.165) is 18.4 Å². The third-order valence-corrected chi connectivity index (χ3v) is 4.73. The summed E-state index contributed by atoms with van der Waals surface area (Å²) in [6, 6.07) is 0.436. The Bertz CT molecular complexity index is 239. The highest BCUT2D eigenvalue weighted by Crippen LogP contribution is 2.29. The van der Waals surface area contributed by atoms with E-state index in [1.165, 1.54) is 51.7 Å². The van der Waals surface area contributed by atoms with Gasteiger partial charge >= 0.3 is 0 Å². The van der Waals surface area contributed by atoms with E-state index in [-0.39, 0.29) is 0 Å². The molecule has 3 heteroatoms. The van der Waals surface area contributed by atoms with Crippen LogP contribution in [0, 0.1) is 11.8 Å². The Balaban J connectivity index is 1.73. The van der Waals surface area contributed by atoms with E-state index in [1.807, 2.05) is 0 Å². The van der Waals surface area contributed by atoms with Gasteiger partial charge in [-0.05, 0) is 50.9 Å². The standard InChI is InChI=1S/C15H30N2O/c1-3-18-14-6-8-17(9-7-14)11-13-10-12(2)4-5-15(13)16/h12-15H,3-11,16H2,1-2H3. The van der Waals surface area contributed by atoms with Crippen molar-refractivity contribution in [3.8, 4) is 0 Å². The maximum absolute atomic E-state index is 6.28. The molecular weight excluding hydrogens is 224 g/mol. The molecule has 0 radical (unpaired) electrons. The molecule has 0 aromatic carbocycles. The first kappa shape index (κ1) is 14.3. The zero-order chi connectivity index (χ0) is 13.0. The number of piperidine rings is 1. The van der Waals surface area contributed by atoms with Crippen LogP contribution in [0.15, 0.2) is 0 Å². The van der Waals surface area contributed by atoms with Gasteiger partial charge in [0.15, 0.2) is 0 Å². The van der Waals surface area contributed by atoms with Gasteiger partial charge in [0, 0.05) is 32.3 Å². The van der Waals surface area contributed by atoms with E-state index in [1.54, 1.807) is 0 Å². The largest absolute Gasteiger partial charge is 0.378 e. The maximum atomic E-state index is 6.28. The summed E-state index contributed by atoms with van der Waals surface area (Å²) in [6.07, 6.45) is 6.78. The van der Waals surface area contributed by atoms with E-state index >= 15 is 0 Å². The minimum atomic E-state index is 0.436. The first-order valence-corrected chi connectivity index (χ1v) is 7.78. The molecule has 2 N–H and O–H groups in total. The van der Waals surface area contributed by atoms with E-state index in [9.17, 15) is 0 Å². The number of likely N-dealkylation sites (tertiary alicyclic amines) is 1. The minimum Gasteiger partial charge on any atom is -0.378 e. The number of hydrogen-bond donors (Lipinski definition) is 1. The van der Waals surface area contributed by atoms with Crippen LogP contribution in [0.1, 0.15) is 46.0 Å². The molecule has 2 aliphatic rings. The van der Waals surface area contributed by atoms with Crippen molar-refractivity contribution in [1.82, 2.24) is 4.90 Å². The van der Waals surface area contributed by atoms with Crippen molar-refractivity contribution in [3.63, 3.8) is 0 Å². The number of hydrogen-bond acceptors (Lipinski definition) is 3. The second-order valence-electron chi connectivity index (χ2n) is 6.30. The fourth-order valence-electron chi connectivity index (χ4n) is 3.56.